The number of ether oxygens (including phenoxy) is 1. The second-order valence-electron chi connectivity index (χ2n) is 6.75. The van der Waals surface area contributed by atoms with Crippen molar-refractivity contribution in [2.24, 2.45) is 0 Å². The summed E-state index contributed by atoms with van der Waals surface area (Å²) in [5.41, 5.74) is 1.53. The zero-order chi connectivity index (χ0) is 20.1. The molecule has 1 fully saturated rings. The fraction of sp³-hybridized carbons (Fsp3) is 0.263. The van der Waals surface area contributed by atoms with Crippen molar-refractivity contribution in [1.82, 2.24) is 9.97 Å². The first kappa shape index (κ1) is 18.3. The summed E-state index contributed by atoms with van der Waals surface area (Å²) in [6.45, 7) is -0.356. The van der Waals surface area contributed by atoms with Crippen LogP contribution in [-0.2, 0) is 4.79 Å². The van der Waals surface area contributed by atoms with Crippen LogP contribution in [0.5, 0.6) is 5.75 Å². The van der Waals surface area contributed by atoms with Crippen LogP contribution in [0.4, 0.5) is 23.2 Å². The van der Waals surface area contributed by atoms with Crippen molar-refractivity contribution in [3.05, 3.63) is 53.9 Å². The van der Waals surface area contributed by atoms with Crippen LogP contribution in [-0.4, -0.2) is 28.4 Å². The van der Waals surface area contributed by atoms with Crippen molar-refractivity contribution in [1.29, 1.82) is 0 Å². The van der Waals surface area contributed by atoms with Gasteiger partial charge in [0.25, 0.3) is 5.92 Å². The van der Waals surface area contributed by atoms with Gasteiger partial charge in [0.05, 0.1) is 29.8 Å². The molecule has 3 aromatic rings. The quantitative estimate of drug-likeness (QED) is 0.518. The predicted molar refractivity (Wildman–Crippen MR) is 93.4 cm³/mol. The van der Waals surface area contributed by atoms with Crippen molar-refractivity contribution in [3.8, 4) is 5.75 Å². The van der Waals surface area contributed by atoms with Crippen molar-refractivity contribution < 1.29 is 27.1 Å². The number of nitrogens with zero attached hydrogens (tertiary/aromatic N) is 2. The van der Waals surface area contributed by atoms with Gasteiger partial charge in [0.2, 0.25) is 5.91 Å². The van der Waals surface area contributed by atoms with E-state index in [1.165, 1.54) is 11.2 Å². The number of carbonyl (C=O) groups excluding carboxylic acids is 1. The average molecular weight is 393 g/mol. The first-order valence-corrected chi connectivity index (χ1v) is 8.48. The Morgan fingerprint density at radius 2 is 1.96 bits per heavy atom. The van der Waals surface area contributed by atoms with Crippen LogP contribution in [0.15, 0.2) is 36.7 Å². The highest BCUT2D eigenvalue weighted by molar-refractivity contribution is 6.02. The molecule has 0 saturated carbocycles. The molecule has 28 heavy (non-hydrogen) atoms. The summed E-state index contributed by atoms with van der Waals surface area (Å²) in [5.74, 6) is -5.68. The van der Waals surface area contributed by atoms with Gasteiger partial charge in [0, 0.05) is 30.3 Å². The molecule has 1 aliphatic rings. The zero-order valence-corrected chi connectivity index (χ0v) is 14.7. The number of carbonyl (C=O) groups is 1. The third-order valence-electron chi connectivity index (χ3n) is 4.51. The molecular formula is C19H15F4N3O2. The van der Waals surface area contributed by atoms with E-state index < -0.39 is 30.2 Å². The van der Waals surface area contributed by atoms with Gasteiger partial charge < -0.3 is 14.6 Å². The number of alkyl halides is 2. The van der Waals surface area contributed by atoms with Gasteiger partial charge in [0.15, 0.2) is 6.61 Å². The summed E-state index contributed by atoms with van der Waals surface area (Å²) in [6.07, 6.45) is 1.43. The fourth-order valence-corrected chi connectivity index (χ4v) is 3.21. The number of rotatable bonds is 5. The number of aromatic amines is 1. The predicted octanol–water partition coefficient (Wildman–Crippen LogP) is 4.35. The molecule has 1 aliphatic heterocycles. The summed E-state index contributed by atoms with van der Waals surface area (Å²) in [6, 6.07) is 5.87. The molecule has 0 spiro atoms. The molecule has 0 bridgehead atoms. The summed E-state index contributed by atoms with van der Waals surface area (Å²) >= 11 is 0. The Morgan fingerprint density at radius 1 is 1.25 bits per heavy atom. The number of nitrogens with one attached hydrogen (secondary N) is 1. The monoisotopic (exact) mass is 393 g/mol. The molecule has 1 aromatic heterocycles. The van der Waals surface area contributed by atoms with Gasteiger partial charge in [-0.05, 0) is 18.2 Å². The molecule has 0 aliphatic carbocycles. The molecule has 146 valence electrons. The lowest BCUT2D eigenvalue weighted by molar-refractivity contribution is -0.124. The number of hydrogen-bond acceptors (Lipinski definition) is 3. The molecule has 0 unspecified atom stereocenters. The average Bonchev–Trinajstić information content (AvgIpc) is 3.05. The van der Waals surface area contributed by atoms with E-state index in [1.807, 2.05) is 0 Å². The second-order valence-corrected chi connectivity index (χ2v) is 6.75. The van der Waals surface area contributed by atoms with Gasteiger partial charge in [-0.25, -0.2) is 22.5 Å². The molecule has 1 saturated heterocycles. The maximum Gasteiger partial charge on any atom is 0.278 e. The maximum absolute atomic E-state index is 14.6. The normalized spacial score (nSPS) is 17.1. The lowest BCUT2D eigenvalue weighted by Crippen LogP contribution is -2.47. The highest BCUT2D eigenvalue weighted by Gasteiger charge is 2.41. The van der Waals surface area contributed by atoms with Crippen molar-refractivity contribution in [2.75, 3.05) is 11.5 Å². The molecule has 0 radical (unpaired) electrons. The minimum atomic E-state index is -3.13. The van der Waals surface area contributed by atoms with E-state index >= 15 is 0 Å². The zero-order valence-electron chi connectivity index (χ0n) is 14.7. The SMILES string of the molecule is CC(F)(F)COc1cc(F)c([C@@H]2CC(=O)N2c2ccc3[nH]cnc3c2)c(F)c1. The van der Waals surface area contributed by atoms with Crippen molar-refractivity contribution in [2.45, 2.75) is 25.3 Å². The van der Waals surface area contributed by atoms with Gasteiger partial charge in [0.1, 0.15) is 17.4 Å². The van der Waals surface area contributed by atoms with E-state index in [4.69, 9.17) is 4.74 Å². The standard InChI is InChI=1S/C19H15F4N3O2/c1-19(22,23)8-28-11-5-12(20)18(13(21)6-11)16-7-17(27)26(16)10-2-3-14-15(4-10)25-9-24-14/h2-6,9,16H,7-8H2,1H3,(H,24,25)/t16-/m0/s1. The molecule has 5 nitrogen and oxygen atoms in total. The summed E-state index contributed by atoms with van der Waals surface area (Å²) in [4.78, 5) is 20.5. The molecule has 1 N–H and O–H groups in total. The number of aromatic nitrogens is 2. The molecule has 1 amide bonds. The Hall–Kier alpha value is -3.10. The molecular weight excluding hydrogens is 378 g/mol. The van der Waals surface area contributed by atoms with Gasteiger partial charge >= 0.3 is 0 Å². The smallest absolute Gasteiger partial charge is 0.278 e. The lowest BCUT2D eigenvalue weighted by atomic mass is 9.92. The van der Waals surface area contributed by atoms with Crippen LogP contribution in [0, 0.1) is 11.6 Å². The van der Waals surface area contributed by atoms with E-state index in [0.717, 1.165) is 17.6 Å². The van der Waals surface area contributed by atoms with Gasteiger partial charge in [-0.2, -0.15) is 0 Å². The number of H-pyrrole nitrogens is 1. The Bertz CT molecular complexity index is 1040. The van der Waals surface area contributed by atoms with Crippen LogP contribution < -0.4 is 9.64 Å². The third-order valence-corrected chi connectivity index (χ3v) is 4.51. The summed E-state index contributed by atoms with van der Waals surface area (Å²) < 4.78 is 59.7. The Kier molecular flexibility index (Phi) is 4.24. The largest absolute Gasteiger partial charge is 0.487 e. The van der Waals surface area contributed by atoms with Crippen molar-refractivity contribution >= 4 is 22.6 Å². The van der Waals surface area contributed by atoms with E-state index in [0.29, 0.717) is 18.1 Å². The summed E-state index contributed by atoms with van der Waals surface area (Å²) in [7, 11) is 0. The number of amides is 1. The second kappa shape index (κ2) is 6.50. The number of imidazole rings is 1. The number of benzene rings is 2. The lowest BCUT2D eigenvalue weighted by Gasteiger charge is -2.41. The molecule has 1 atom stereocenters. The van der Waals surface area contributed by atoms with Crippen LogP contribution in [0.25, 0.3) is 11.0 Å². The van der Waals surface area contributed by atoms with E-state index in [-0.39, 0.29) is 23.6 Å². The van der Waals surface area contributed by atoms with Crippen LogP contribution in [0.1, 0.15) is 24.9 Å². The Balaban J connectivity index is 1.63. The molecule has 9 heteroatoms. The van der Waals surface area contributed by atoms with Crippen LogP contribution in [0.3, 0.4) is 0 Å². The highest BCUT2D eigenvalue weighted by atomic mass is 19.3. The molecule has 4 rings (SSSR count). The van der Waals surface area contributed by atoms with E-state index in [9.17, 15) is 22.4 Å². The van der Waals surface area contributed by atoms with Crippen LogP contribution >= 0.6 is 0 Å². The van der Waals surface area contributed by atoms with Gasteiger partial charge in [-0.1, -0.05) is 0 Å². The molecule has 2 aromatic carbocycles. The van der Waals surface area contributed by atoms with Gasteiger partial charge in [-0.3, -0.25) is 4.79 Å². The number of fused-ring (bicyclic) bond motifs is 1. The van der Waals surface area contributed by atoms with Gasteiger partial charge in [-0.15, -0.1) is 0 Å². The van der Waals surface area contributed by atoms with Crippen molar-refractivity contribution in [3.63, 3.8) is 0 Å². The number of anilines is 1. The fourth-order valence-electron chi connectivity index (χ4n) is 3.21. The summed E-state index contributed by atoms with van der Waals surface area (Å²) in [5, 5.41) is 0. The Morgan fingerprint density at radius 3 is 2.61 bits per heavy atom. The number of β-lactam (4-membered cyclic amide) rings is 1. The number of hydrogen-bond donors (Lipinski definition) is 1. The van der Waals surface area contributed by atoms with E-state index in [2.05, 4.69) is 9.97 Å². The molecule has 2 heterocycles. The first-order valence-electron chi connectivity index (χ1n) is 8.48. The minimum Gasteiger partial charge on any atom is -0.487 e. The first-order chi connectivity index (χ1) is 13.2. The number of halogens is 4. The topological polar surface area (TPSA) is 58.2 Å². The Labute approximate surface area is 156 Å². The maximum atomic E-state index is 14.6. The van der Waals surface area contributed by atoms with Crippen LogP contribution in [0.2, 0.25) is 0 Å². The highest BCUT2D eigenvalue weighted by Crippen LogP contribution is 2.42. The minimum absolute atomic E-state index is 0.0698. The van der Waals surface area contributed by atoms with E-state index in [1.54, 1.807) is 18.2 Å². The third kappa shape index (κ3) is 3.28.